The molecule has 0 spiro atoms. The van der Waals surface area contributed by atoms with Crippen LogP contribution in [-0.2, 0) is 0 Å². The standard InChI is InChI=1S/C39H79/c1-5-9-13-17-19-21-23-25-28-32-36-38(34-30-16-12-8-4)39(35-31-27-15-11-7-3)37-33-29-26-24-22-20-18-14-10-6-2/h39H,5-37H2,1-4H3. The molecule has 0 bridgehead atoms. The van der Waals surface area contributed by atoms with E-state index in [0.29, 0.717) is 0 Å². The van der Waals surface area contributed by atoms with Gasteiger partial charge in [-0.1, -0.05) is 214 Å². The van der Waals surface area contributed by atoms with Crippen LogP contribution in [0.15, 0.2) is 0 Å². The van der Waals surface area contributed by atoms with Crippen molar-refractivity contribution in [3.05, 3.63) is 5.92 Å². The first kappa shape index (κ1) is 39.0. The van der Waals surface area contributed by atoms with E-state index in [1.54, 1.807) is 0 Å². The highest BCUT2D eigenvalue weighted by Crippen LogP contribution is 2.35. The van der Waals surface area contributed by atoms with Crippen LogP contribution in [0.4, 0.5) is 0 Å². The maximum absolute atomic E-state index is 2.36. The maximum Gasteiger partial charge on any atom is -0.0210 e. The van der Waals surface area contributed by atoms with E-state index in [9.17, 15) is 0 Å². The van der Waals surface area contributed by atoms with Gasteiger partial charge >= 0.3 is 0 Å². The second-order valence-corrected chi connectivity index (χ2v) is 13.3. The Morgan fingerprint density at radius 2 is 0.513 bits per heavy atom. The van der Waals surface area contributed by atoms with E-state index in [4.69, 9.17) is 0 Å². The van der Waals surface area contributed by atoms with Gasteiger partial charge in [-0.15, -0.1) is 0 Å². The molecule has 0 heterocycles. The molecule has 0 aromatic rings. The molecule has 0 saturated heterocycles. The molecule has 39 heavy (non-hydrogen) atoms. The van der Waals surface area contributed by atoms with Gasteiger partial charge in [0.1, 0.15) is 0 Å². The van der Waals surface area contributed by atoms with Gasteiger partial charge in [0, 0.05) is 0 Å². The Bertz CT molecular complexity index is 412. The van der Waals surface area contributed by atoms with Crippen LogP contribution in [0.5, 0.6) is 0 Å². The van der Waals surface area contributed by atoms with Crippen molar-refractivity contribution in [1.82, 2.24) is 0 Å². The predicted octanol–water partition coefficient (Wildman–Crippen LogP) is 15.1. The van der Waals surface area contributed by atoms with Crippen LogP contribution < -0.4 is 0 Å². The van der Waals surface area contributed by atoms with Crippen LogP contribution in [0.1, 0.15) is 240 Å². The van der Waals surface area contributed by atoms with Crippen LogP contribution in [0.25, 0.3) is 0 Å². The zero-order chi connectivity index (χ0) is 28.5. The van der Waals surface area contributed by atoms with Crippen molar-refractivity contribution in [1.29, 1.82) is 0 Å². The van der Waals surface area contributed by atoms with Crippen molar-refractivity contribution in [2.24, 2.45) is 5.92 Å². The lowest BCUT2D eigenvalue weighted by Crippen LogP contribution is -2.14. The first-order valence-corrected chi connectivity index (χ1v) is 19.1. The monoisotopic (exact) mass is 548 g/mol. The van der Waals surface area contributed by atoms with Gasteiger partial charge in [0.15, 0.2) is 0 Å². The molecule has 0 aliphatic heterocycles. The molecule has 0 aliphatic carbocycles. The van der Waals surface area contributed by atoms with E-state index in [1.165, 1.54) is 212 Å². The summed E-state index contributed by atoms with van der Waals surface area (Å²) in [5, 5.41) is 0. The summed E-state index contributed by atoms with van der Waals surface area (Å²) in [6.07, 6.45) is 48.2. The summed E-state index contributed by atoms with van der Waals surface area (Å²) in [4.78, 5) is 0. The molecule has 0 heteroatoms. The zero-order valence-electron chi connectivity index (χ0n) is 28.4. The van der Waals surface area contributed by atoms with Crippen molar-refractivity contribution in [3.63, 3.8) is 0 Å². The molecule has 0 rings (SSSR count). The number of hydrogen-bond acceptors (Lipinski definition) is 0. The van der Waals surface area contributed by atoms with Crippen molar-refractivity contribution in [2.45, 2.75) is 240 Å². The van der Waals surface area contributed by atoms with Gasteiger partial charge in [-0.2, -0.15) is 0 Å². The fourth-order valence-corrected chi connectivity index (χ4v) is 6.58. The van der Waals surface area contributed by atoms with E-state index >= 15 is 0 Å². The Balaban J connectivity index is 4.50. The van der Waals surface area contributed by atoms with Crippen molar-refractivity contribution in [2.75, 3.05) is 0 Å². The van der Waals surface area contributed by atoms with Crippen LogP contribution in [0.2, 0.25) is 0 Å². The van der Waals surface area contributed by atoms with E-state index in [-0.39, 0.29) is 0 Å². The number of hydrogen-bond donors (Lipinski definition) is 0. The molecule has 1 radical (unpaired) electrons. The highest BCUT2D eigenvalue weighted by atomic mass is 14.3. The fourth-order valence-electron chi connectivity index (χ4n) is 6.58. The predicted molar refractivity (Wildman–Crippen MR) is 182 cm³/mol. The van der Waals surface area contributed by atoms with Gasteiger partial charge in [-0.25, -0.2) is 0 Å². The molecular formula is C39H79. The Morgan fingerprint density at radius 3 is 0.821 bits per heavy atom. The van der Waals surface area contributed by atoms with Gasteiger partial charge in [0.2, 0.25) is 0 Å². The van der Waals surface area contributed by atoms with Gasteiger partial charge in [0.05, 0.1) is 0 Å². The molecule has 0 nitrogen and oxygen atoms in total. The largest absolute Gasteiger partial charge is 0.0654 e. The fraction of sp³-hybridized carbons (Fsp3) is 0.974. The van der Waals surface area contributed by atoms with Crippen LogP contribution in [-0.4, -0.2) is 0 Å². The van der Waals surface area contributed by atoms with Crippen LogP contribution in [0, 0.1) is 11.8 Å². The summed E-state index contributed by atoms with van der Waals surface area (Å²) in [6.45, 7) is 9.36. The normalized spacial score (nSPS) is 12.5. The lowest BCUT2D eigenvalue weighted by Gasteiger charge is -2.27. The molecule has 0 aromatic heterocycles. The third-order valence-corrected chi connectivity index (χ3v) is 9.34. The van der Waals surface area contributed by atoms with Crippen LogP contribution >= 0.6 is 0 Å². The second kappa shape index (κ2) is 34.2. The molecule has 1 unspecified atom stereocenters. The van der Waals surface area contributed by atoms with E-state index in [0.717, 1.165) is 5.92 Å². The molecule has 235 valence electrons. The third kappa shape index (κ3) is 29.3. The van der Waals surface area contributed by atoms with Crippen molar-refractivity contribution in [3.8, 4) is 0 Å². The average molecular weight is 548 g/mol. The second-order valence-electron chi connectivity index (χ2n) is 13.3. The Hall–Kier alpha value is 0. The smallest absolute Gasteiger partial charge is 0.0210 e. The van der Waals surface area contributed by atoms with Crippen molar-refractivity contribution >= 4 is 0 Å². The molecule has 0 fully saturated rings. The maximum atomic E-state index is 2.36. The Kier molecular flexibility index (Phi) is 34.2. The molecule has 0 aromatic carbocycles. The molecule has 0 amide bonds. The first-order chi connectivity index (χ1) is 19.3. The van der Waals surface area contributed by atoms with E-state index in [2.05, 4.69) is 27.7 Å². The summed E-state index contributed by atoms with van der Waals surface area (Å²) >= 11 is 0. The number of unbranched alkanes of at least 4 members (excludes halogenated alkanes) is 25. The highest BCUT2D eigenvalue weighted by Gasteiger charge is 2.21. The summed E-state index contributed by atoms with van der Waals surface area (Å²) in [6, 6.07) is 0. The minimum absolute atomic E-state index is 0.945. The first-order valence-electron chi connectivity index (χ1n) is 19.1. The van der Waals surface area contributed by atoms with Gasteiger partial charge in [-0.05, 0) is 37.5 Å². The molecule has 0 N–H and O–H groups in total. The average Bonchev–Trinajstić information content (AvgIpc) is 2.95. The summed E-state index contributed by atoms with van der Waals surface area (Å²) in [5.74, 6) is 2.96. The number of rotatable bonds is 34. The molecule has 1 atom stereocenters. The Morgan fingerprint density at radius 1 is 0.282 bits per heavy atom. The topological polar surface area (TPSA) is 0 Å². The van der Waals surface area contributed by atoms with E-state index < -0.39 is 0 Å². The lowest BCUT2D eigenvalue weighted by molar-refractivity contribution is 0.371. The van der Waals surface area contributed by atoms with Crippen LogP contribution in [0.3, 0.4) is 0 Å². The van der Waals surface area contributed by atoms with Crippen molar-refractivity contribution < 1.29 is 0 Å². The highest BCUT2D eigenvalue weighted by molar-refractivity contribution is 4.96. The molecule has 0 saturated carbocycles. The van der Waals surface area contributed by atoms with Gasteiger partial charge < -0.3 is 0 Å². The minimum Gasteiger partial charge on any atom is -0.0654 e. The quantitative estimate of drug-likeness (QED) is 0.0702. The summed E-state index contributed by atoms with van der Waals surface area (Å²) in [5.41, 5.74) is 0. The minimum atomic E-state index is 0.945. The SMILES string of the molecule is CCCCCCCCCCCC[C](CCCCCC)C(CCCCCCC)CCCCCCCCCCCC. The third-order valence-electron chi connectivity index (χ3n) is 9.34. The summed E-state index contributed by atoms with van der Waals surface area (Å²) in [7, 11) is 0. The molecular weight excluding hydrogens is 468 g/mol. The van der Waals surface area contributed by atoms with E-state index in [1.807, 2.05) is 5.92 Å². The zero-order valence-corrected chi connectivity index (χ0v) is 28.4. The summed E-state index contributed by atoms with van der Waals surface area (Å²) < 4.78 is 0. The molecule has 0 aliphatic rings. The van der Waals surface area contributed by atoms with Gasteiger partial charge in [0.25, 0.3) is 0 Å². The lowest BCUT2D eigenvalue weighted by atomic mass is 9.78. The van der Waals surface area contributed by atoms with Gasteiger partial charge in [-0.3, -0.25) is 0 Å². The Labute approximate surface area is 251 Å².